The highest BCUT2D eigenvalue weighted by Gasteiger charge is 2.46. The zero-order valence-electron chi connectivity index (χ0n) is 17.4. The van der Waals surface area contributed by atoms with Gasteiger partial charge in [0.15, 0.2) is 11.5 Å². The Morgan fingerprint density at radius 3 is 2.10 bits per heavy atom. The summed E-state index contributed by atoms with van der Waals surface area (Å²) in [6, 6.07) is 6.60. The Balaban J connectivity index is 1.65. The first-order chi connectivity index (χ1) is 14.8. The molecule has 0 aliphatic heterocycles. The summed E-state index contributed by atoms with van der Waals surface area (Å²) in [5, 5.41) is 0. The molecule has 0 amide bonds. The van der Waals surface area contributed by atoms with Gasteiger partial charge in [-0.2, -0.15) is 8.78 Å². The molecule has 1 fully saturated rings. The maximum Gasteiger partial charge on any atom is 0.254 e. The van der Waals surface area contributed by atoms with E-state index in [1.54, 1.807) is 19.9 Å². The molecular formula is C23H25F5O3. The van der Waals surface area contributed by atoms with E-state index in [2.05, 4.69) is 0 Å². The van der Waals surface area contributed by atoms with E-state index < -0.39 is 54.0 Å². The van der Waals surface area contributed by atoms with Crippen LogP contribution in [0.4, 0.5) is 22.0 Å². The van der Waals surface area contributed by atoms with Gasteiger partial charge >= 0.3 is 0 Å². The molecule has 170 valence electrons. The zero-order valence-corrected chi connectivity index (χ0v) is 17.4. The molecule has 3 nitrogen and oxygen atoms in total. The van der Waals surface area contributed by atoms with Crippen molar-refractivity contribution in [3.05, 3.63) is 53.3 Å². The fourth-order valence-electron chi connectivity index (χ4n) is 3.86. The van der Waals surface area contributed by atoms with Gasteiger partial charge in [0.2, 0.25) is 11.6 Å². The number of hydrogen-bond acceptors (Lipinski definition) is 3. The Bertz CT molecular complexity index is 903. The third kappa shape index (κ3) is 5.22. The molecule has 2 aromatic carbocycles. The van der Waals surface area contributed by atoms with Gasteiger partial charge in [0.05, 0.1) is 25.7 Å². The van der Waals surface area contributed by atoms with Crippen LogP contribution in [0.1, 0.15) is 44.6 Å². The van der Waals surface area contributed by atoms with Crippen molar-refractivity contribution in [1.29, 1.82) is 0 Å². The van der Waals surface area contributed by atoms with E-state index in [-0.39, 0.29) is 24.3 Å². The minimum atomic E-state index is -3.14. The van der Waals surface area contributed by atoms with E-state index in [1.807, 2.05) is 0 Å². The molecule has 0 N–H and O–H groups in total. The maximum atomic E-state index is 14.8. The fourth-order valence-corrected chi connectivity index (χ4v) is 3.86. The second-order valence-corrected chi connectivity index (χ2v) is 7.49. The lowest BCUT2D eigenvalue weighted by molar-refractivity contribution is -0.104. The molecule has 3 rings (SSSR count). The molecule has 1 saturated carbocycles. The SMILES string of the molecule is CCOc1ccc(C2CCC(COc3ccc(OCC)c(F)c3F)C(F)(F)C2)c(F)c1. The van der Waals surface area contributed by atoms with Crippen molar-refractivity contribution < 1.29 is 36.2 Å². The van der Waals surface area contributed by atoms with Gasteiger partial charge in [-0.25, -0.2) is 13.2 Å². The van der Waals surface area contributed by atoms with Gasteiger partial charge in [0.1, 0.15) is 11.6 Å². The topological polar surface area (TPSA) is 27.7 Å². The van der Waals surface area contributed by atoms with Gasteiger partial charge in [-0.05, 0) is 56.4 Å². The van der Waals surface area contributed by atoms with Crippen LogP contribution in [0.2, 0.25) is 0 Å². The number of hydrogen-bond donors (Lipinski definition) is 0. The van der Waals surface area contributed by atoms with Gasteiger partial charge < -0.3 is 14.2 Å². The smallest absolute Gasteiger partial charge is 0.254 e. The van der Waals surface area contributed by atoms with E-state index in [1.165, 1.54) is 18.2 Å². The van der Waals surface area contributed by atoms with Crippen LogP contribution in [0.3, 0.4) is 0 Å². The van der Waals surface area contributed by atoms with E-state index in [4.69, 9.17) is 14.2 Å². The molecule has 2 atom stereocenters. The second-order valence-electron chi connectivity index (χ2n) is 7.49. The Hall–Kier alpha value is -2.51. The molecule has 0 saturated heterocycles. The first-order valence-corrected chi connectivity index (χ1v) is 10.3. The summed E-state index contributed by atoms with van der Waals surface area (Å²) in [6.45, 7) is 3.44. The highest BCUT2D eigenvalue weighted by atomic mass is 19.3. The predicted octanol–water partition coefficient (Wildman–Crippen LogP) is 6.50. The Labute approximate surface area is 178 Å². The number of alkyl halides is 2. The maximum absolute atomic E-state index is 14.8. The van der Waals surface area contributed by atoms with Crippen LogP contribution in [-0.2, 0) is 0 Å². The number of ether oxygens (including phenoxy) is 3. The number of rotatable bonds is 8. The number of benzene rings is 2. The lowest BCUT2D eigenvalue weighted by atomic mass is 9.76. The fraction of sp³-hybridized carbons (Fsp3) is 0.478. The molecule has 0 bridgehead atoms. The summed E-state index contributed by atoms with van der Waals surface area (Å²) < 4.78 is 87.4. The molecule has 0 radical (unpaired) electrons. The monoisotopic (exact) mass is 444 g/mol. The van der Waals surface area contributed by atoms with Crippen LogP contribution in [-0.4, -0.2) is 25.7 Å². The van der Waals surface area contributed by atoms with E-state index in [0.29, 0.717) is 18.8 Å². The van der Waals surface area contributed by atoms with Crippen molar-refractivity contribution in [2.24, 2.45) is 5.92 Å². The van der Waals surface area contributed by atoms with Crippen molar-refractivity contribution in [3.8, 4) is 17.2 Å². The summed E-state index contributed by atoms with van der Waals surface area (Å²) in [5.74, 6) is -8.43. The first-order valence-electron chi connectivity index (χ1n) is 10.3. The highest BCUT2D eigenvalue weighted by Crippen LogP contribution is 2.46. The lowest BCUT2D eigenvalue weighted by Crippen LogP contribution is -2.38. The van der Waals surface area contributed by atoms with Gasteiger partial charge in [0.25, 0.3) is 5.92 Å². The van der Waals surface area contributed by atoms with Crippen molar-refractivity contribution >= 4 is 0 Å². The van der Waals surface area contributed by atoms with Crippen LogP contribution < -0.4 is 14.2 Å². The molecule has 31 heavy (non-hydrogen) atoms. The summed E-state index contributed by atoms with van der Waals surface area (Å²) in [5.41, 5.74) is 0.224. The average Bonchev–Trinajstić information content (AvgIpc) is 2.72. The van der Waals surface area contributed by atoms with Crippen LogP contribution in [0.5, 0.6) is 17.2 Å². The normalized spacial score (nSPS) is 20.4. The minimum absolute atomic E-state index is 0.0610. The summed E-state index contributed by atoms with van der Waals surface area (Å²) >= 11 is 0. The van der Waals surface area contributed by atoms with E-state index >= 15 is 0 Å². The van der Waals surface area contributed by atoms with Gasteiger partial charge in [-0.15, -0.1) is 0 Å². The molecule has 1 aliphatic carbocycles. The highest BCUT2D eigenvalue weighted by molar-refractivity contribution is 5.35. The van der Waals surface area contributed by atoms with Crippen molar-refractivity contribution in [2.45, 2.75) is 45.0 Å². The summed E-state index contributed by atoms with van der Waals surface area (Å²) in [4.78, 5) is 0. The standard InChI is InChI=1S/C23H25F5O3/c1-3-29-16-7-8-17(18(24)11-16)14-5-6-15(23(27,28)12-14)13-31-20-10-9-19(30-4-2)21(25)22(20)26/h7-11,14-15H,3-6,12-13H2,1-2H3. The minimum Gasteiger partial charge on any atom is -0.494 e. The molecule has 8 heteroatoms. The Morgan fingerprint density at radius 2 is 1.52 bits per heavy atom. The van der Waals surface area contributed by atoms with Crippen LogP contribution >= 0.6 is 0 Å². The molecule has 0 aromatic heterocycles. The summed E-state index contributed by atoms with van der Waals surface area (Å²) in [6.07, 6.45) is -0.161. The summed E-state index contributed by atoms with van der Waals surface area (Å²) in [7, 11) is 0. The lowest BCUT2D eigenvalue weighted by Gasteiger charge is -2.36. The van der Waals surface area contributed by atoms with Crippen LogP contribution in [0.15, 0.2) is 30.3 Å². The molecular weight excluding hydrogens is 419 g/mol. The third-order valence-electron chi connectivity index (χ3n) is 5.45. The molecule has 0 heterocycles. The van der Waals surface area contributed by atoms with Crippen LogP contribution in [0.25, 0.3) is 0 Å². The van der Waals surface area contributed by atoms with E-state index in [9.17, 15) is 22.0 Å². The molecule has 0 spiro atoms. The van der Waals surface area contributed by atoms with Gasteiger partial charge in [-0.1, -0.05) is 6.07 Å². The largest absolute Gasteiger partial charge is 0.494 e. The van der Waals surface area contributed by atoms with Crippen molar-refractivity contribution in [2.75, 3.05) is 19.8 Å². The third-order valence-corrected chi connectivity index (χ3v) is 5.45. The predicted molar refractivity (Wildman–Crippen MR) is 106 cm³/mol. The molecule has 2 unspecified atom stereocenters. The average molecular weight is 444 g/mol. The number of halogens is 5. The van der Waals surface area contributed by atoms with E-state index in [0.717, 1.165) is 6.07 Å². The second kappa shape index (κ2) is 9.75. The van der Waals surface area contributed by atoms with Gasteiger partial charge in [0, 0.05) is 12.5 Å². The first kappa shape index (κ1) is 23.2. The Kier molecular flexibility index (Phi) is 7.28. The quantitative estimate of drug-likeness (QED) is 0.435. The van der Waals surface area contributed by atoms with Gasteiger partial charge in [-0.3, -0.25) is 0 Å². The molecule has 2 aromatic rings. The van der Waals surface area contributed by atoms with Crippen molar-refractivity contribution in [1.82, 2.24) is 0 Å². The molecule has 1 aliphatic rings. The van der Waals surface area contributed by atoms with Crippen LogP contribution in [0, 0.1) is 23.4 Å². The van der Waals surface area contributed by atoms with Crippen molar-refractivity contribution in [3.63, 3.8) is 0 Å². The Morgan fingerprint density at radius 1 is 0.871 bits per heavy atom. The zero-order chi connectivity index (χ0) is 22.6.